The van der Waals surface area contributed by atoms with Gasteiger partial charge in [-0.1, -0.05) is 44.2 Å². The Morgan fingerprint density at radius 1 is 1.03 bits per heavy atom. The first-order chi connectivity index (χ1) is 15.1. The van der Waals surface area contributed by atoms with Crippen LogP contribution < -0.4 is 5.32 Å². The van der Waals surface area contributed by atoms with Crippen LogP contribution >= 0.6 is 22.6 Å². The van der Waals surface area contributed by atoms with E-state index in [1.807, 2.05) is 24.3 Å². The fourth-order valence-corrected chi connectivity index (χ4v) is 4.42. The number of benzene rings is 2. The maximum absolute atomic E-state index is 13.3. The lowest BCUT2D eigenvalue weighted by Crippen LogP contribution is -2.19. The number of hydrogen-bond acceptors (Lipinski definition) is 3. The molecule has 3 aromatic rings. The van der Waals surface area contributed by atoms with Gasteiger partial charge in [0.15, 0.2) is 5.82 Å². The second-order valence-corrected chi connectivity index (χ2v) is 9.36. The Kier molecular flexibility index (Phi) is 7.27. The van der Waals surface area contributed by atoms with Crippen molar-refractivity contribution in [2.45, 2.75) is 44.9 Å². The number of rotatable bonds is 6. The van der Waals surface area contributed by atoms with Gasteiger partial charge in [0.1, 0.15) is 5.82 Å². The summed E-state index contributed by atoms with van der Waals surface area (Å²) in [6.07, 6.45) is 8.86. The molecule has 31 heavy (non-hydrogen) atoms. The minimum Gasteiger partial charge on any atom is -0.309 e. The quantitative estimate of drug-likeness (QED) is 0.388. The molecule has 0 unspecified atom stereocenters. The van der Waals surface area contributed by atoms with Gasteiger partial charge >= 0.3 is 0 Å². The first-order valence-electron chi connectivity index (χ1n) is 10.7. The van der Waals surface area contributed by atoms with Crippen molar-refractivity contribution in [1.29, 1.82) is 0 Å². The van der Waals surface area contributed by atoms with E-state index in [2.05, 4.69) is 32.9 Å². The number of aromatic nitrogens is 2. The van der Waals surface area contributed by atoms with E-state index in [-0.39, 0.29) is 11.7 Å². The molecule has 160 valence electrons. The van der Waals surface area contributed by atoms with Crippen LogP contribution in [0, 0.1) is 15.3 Å². The molecule has 0 spiro atoms. The molecule has 1 fully saturated rings. The molecule has 1 amide bonds. The van der Waals surface area contributed by atoms with Crippen molar-refractivity contribution < 1.29 is 9.18 Å². The van der Waals surface area contributed by atoms with E-state index >= 15 is 0 Å². The van der Waals surface area contributed by atoms with E-state index in [0.29, 0.717) is 23.9 Å². The van der Waals surface area contributed by atoms with Gasteiger partial charge in [0.25, 0.3) is 0 Å². The predicted molar refractivity (Wildman–Crippen MR) is 129 cm³/mol. The van der Waals surface area contributed by atoms with Crippen LogP contribution in [0.25, 0.3) is 11.3 Å². The van der Waals surface area contributed by atoms with E-state index in [1.54, 1.807) is 18.3 Å². The lowest BCUT2D eigenvalue weighted by Gasteiger charge is -2.22. The summed E-state index contributed by atoms with van der Waals surface area (Å²) in [7, 11) is 0. The number of carbonyl (C=O) groups is 1. The highest BCUT2D eigenvalue weighted by atomic mass is 127. The van der Waals surface area contributed by atoms with Crippen molar-refractivity contribution in [2.75, 3.05) is 5.32 Å². The Labute approximate surface area is 195 Å². The van der Waals surface area contributed by atoms with Crippen LogP contribution in [0.1, 0.15) is 43.4 Å². The lowest BCUT2D eigenvalue weighted by molar-refractivity contribution is -0.115. The van der Waals surface area contributed by atoms with Gasteiger partial charge in [-0.15, -0.1) is 0 Å². The van der Waals surface area contributed by atoms with Gasteiger partial charge in [-0.05, 0) is 76.9 Å². The molecular formula is C25H25FIN3O. The molecule has 1 saturated carbocycles. The number of carbonyl (C=O) groups excluding carboxylic acids is 1. The molecule has 1 aromatic heterocycles. The Balaban J connectivity index is 1.56. The lowest BCUT2D eigenvalue weighted by atomic mass is 9.86. The number of amides is 1. The topological polar surface area (TPSA) is 54.9 Å². The third kappa shape index (κ3) is 6.09. The Morgan fingerprint density at radius 2 is 1.74 bits per heavy atom. The molecule has 6 heteroatoms. The molecule has 4 nitrogen and oxygen atoms in total. The molecule has 1 aliphatic carbocycles. The zero-order valence-electron chi connectivity index (χ0n) is 17.3. The summed E-state index contributed by atoms with van der Waals surface area (Å²) >= 11 is 2.25. The Bertz CT molecular complexity index is 1030. The SMILES string of the molecule is O=C(Cc1ccc(I)cc1)Nc1ncc(-c2ccc(F)cc2)nc1CC1CCCCC1. The Hall–Kier alpha value is -2.35. The molecular weight excluding hydrogens is 504 g/mol. The third-order valence-electron chi connectivity index (χ3n) is 5.73. The van der Waals surface area contributed by atoms with E-state index in [0.717, 1.165) is 26.8 Å². The molecule has 0 bridgehead atoms. The second-order valence-electron chi connectivity index (χ2n) is 8.12. The summed E-state index contributed by atoms with van der Waals surface area (Å²) in [5.41, 5.74) is 3.28. The van der Waals surface area contributed by atoms with Crippen molar-refractivity contribution in [3.63, 3.8) is 0 Å². The molecule has 0 radical (unpaired) electrons. The highest BCUT2D eigenvalue weighted by Crippen LogP contribution is 2.29. The van der Waals surface area contributed by atoms with Crippen LogP contribution in [-0.4, -0.2) is 15.9 Å². The van der Waals surface area contributed by atoms with Crippen molar-refractivity contribution in [3.05, 3.63) is 75.4 Å². The zero-order chi connectivity index (χ0) is 21.6. The summed E-state index contributed by atoms with van der Waals surface area (Å²) in [6.45, 7) is 0. The molecule has 1 aliphatic rings. The maximum Gasteiger partial charge on any atom is 0.229 e. The second kappa shape index (κ2) is 10.3. The first-order valence-corrected chi connectivity index (χ1v) is 11.8. The fourth-order valence-electron chi connectivity index (χ4n) is 4.06. The van der Waals surface area contributed by atoms with Gasteiger partial charge in [0, 0.05) is 9.13 Å². The van der Waals surface area contributed by atoms with Gasteiger partial charge in [-0.3, -0.25) is 4.79 Å². The Morgan fingerprint density at radius 3 is 2.45 bits per heavy atom. The fraction of sp³-hybridized carbons (Fsp3) is 0.320. The number of hydrogen-bond donors (Lipinski definition) is 1. The number of anilines is 1. The van der Waals surface area contributed by atoms with Crippen molar-refractivity contribution in [3.8, 4) is 11.3 Å². The molecule has 0 aliphatic heterocycles. The van der Waals surface area contributed by atoms with Crippen molar-refractivity contribution in [2.24, 2.45) is 5.92 Å². The standard InChI is InChI=1S/C25H25FIN3O/c26-20-10-8-19(9-11-20)23-16-28-25(22(29-23)14-17-4-2-1-3-5-17)30-24(31)15-18-6-12-21(27)13-7-18/h6-13,16-17H,1-5,14-15H2,(H,28,30,31). The minimum absolute atomic E-state index is 0.102. The van der Waals surface area contributed by atoms with Crippen LogP contribution in [-0.2, 0) is 17.6 Å². The summed E-state index contributed by atoms with van der Waals surface area (Å²) in [5.74, 6) is 0.707. The van der Waals surface area contributed by atoms with E-state index in [1.165, 1.54) is 44.2 Å². The molecule has 2 aromatic carbocycles. The van der Waals surface area contributed by atoms with Crippen molar-refractivity contribution in [1.82, 2.24) is 9.97 Å². The molecule has 0 atom stereocenters. The van der Waals surface area contributed by atoms with Gasteiger partial charge in [0.2, 0.25) is 5.91 Å². The average molecular weight is 529 g/mol. The highest BCUT2D eigenvalue weighted by Gasteiger charge is 2.19. The van der Waals surface area contributed by atoms with Gasteiger partial charge < -0.3 is 5.32 Å². The average Bonchev–Trinajstić information content (AvgIpc) is 2.78. The largest absolute Gasteiger partial charge is 0.309 e. The molecule has 4 rings (SSSR count). The molecule has 1 N–H and O–H groups in total. The summed E-state index contributed by atoms with van der Waals surface area (Å²) < 4.78 is 14.5. The minimum atomic E-state index is -0.279. The summed E-state index contributed by atoms with van der Waals surface area (Å²) in [6, 6.07) is 14.2. The van der Waals surface area contributed by atoms with E-state index in [4.69, 9.17) is 4.98 Å². The zero-order valence-corrected chi connectivity index (χ0v) is 19.4. The monoisotopic (exact) mass is 529 g/mol. The number of halogens is 2. The van der Waals surface area contributed by atoms with Gasteiger partial charge in [-0.25, -0.2) is 14.4 Å². The first kappa shape index (κ1) is 21.9. The normalized spacial score (nSPS) is 14.4. The summed E-state index contributed by atoms with van der Waals surface area (Å²) in [4.78, 5) is 22.1. The van der Waals surface area contributed by atoms with E-state index < -0.39 is 0 Å². The summed E-state index contributed by atoms with van der Waals surface area (Å²) in [5, 5.41) is 2.98. The van der Waals surface area contributed by atoms with Crippen LogP contribution in [0.2, 0.25) is 0 Å². The smallest absolute Gasteiger partial charge is 0.229 e. The van der Waals surface area contributed by atoms with Crippen LogP contribution in [0.5, 0.6) is 0 Å². The van der Waals surface area contributed by atoms with E-state index in [9.17, 15) is 9.18 Å². The van der Waals surface area contributed by atoms with Gasteiger partial charge in [-0.2, -0.15) is 0 Å². The number of nitrogens with one attached hydrogen (secondary N) is 1. The van der Waals surface area contributed by atoms with Crippen molar-refractivity contribution >= 4 is 34.3 Å². The third-order valence-corrected chi connectivity index (χ3v) is 6.45. The van der Waals surface area contributed by atoms with Crippen LogP contribution in [0.4, 0.5) is 10.2 Å². The van der Waals surface area contributed by atoms with Crippen LogP contribution in [0.3, 0.4) is 0 Å². The molecule has 1 heterocycles. The van der Waals surface area contributed by atoms with Gasteiger partial charge in [0.05, 0.1) is 24.0 Å². The highest BCUT2D eigenvalue weighted by molar-refractivity contribution is 14.1. The maximum atomic E-state index is 13.3. The predicted octanol–water partition coefficient (Wildman–Crippen LogP) is 6.19. The molecule has 0 saturated heterocycles. The van der Waals surface area contributed by atoms with Crippen LogP contribution in [0.15, 0.2) is 54.7 Å². The number of nitrogens with zero attached hydrogens (tertiary/aromatic N) is 2.